The molecule has 1 saturated heterocycles. The minimum Gasteiger partial charge on any atom is -0.377 e. The number of aryl methyl sites for hydroxylation is 1. The van der Waals surface area contributed by atoms with E-state index in [1.807, 2.05) is 24.8 Å². The van der Waals surface area contributed by atoms with Crippen LogP contribution in [-0.4, -0.2) is 40.4 Å². The zero-order chi connectivity index (χ0) is 19.8. The highest BCUT2D eigenvalue weighted by molar-refractivity contribution is 6.36. The Bertz CT molecular complexity index is 941. The molecular weight excluding hydrogens is 399 g/mol. The molecule has 1 aromatic carbocycles. The summed E-state index contributed by atoms with van der Waals surface area (Å²) >= 11 is 12.6. The van der Waals surface area contributed by atoms with Crippen LogP contribution in [-0.2, 0) is 17.8 Å². The number of halogens is 2. The molecule has 0 aliphatic carbocycles. The Hall–Kier alpha value is -1.60. The van der Waals surface area contributed by atoms with E-state index in [1.54, 1.807) is 16.7 Å². The van der Waals surface area contributed by atoms with E-state index in [1.165, 1.54) is 0 Å². The smallest absolute Gasteiger partial charge is 0.259 e. The van der Waals surface area contributed by atoms with E-state index in [4.69, 9.17) is 32.9 Å². The van der Waals surface area contributed by atoms with Crippen molar-refractivity contribution in [2.24, 2.45) is 0 Å². The molecule has 2 aliphatic rings. The Balaban J connectivity index is 1.79. The van der Waals surface area contributed by atoms with Crippen LogP contribution in [0.5, 0.6) is 0 Å². The van der Waals surface area contributed by atoms with Gasteiger partial charge in [0.25, 0.3) is 5.56 Å². The molecule has 1 atom stereocenters. The van der Waals surface area contributed by atoms with Crippen LogP contribution >= 0.6 is 23.2 Å². The molecule has 0 bridgehead atoms. The first-order valence-corrected chi connectivity index (χ1v) is 10.4. The summed E-state index contributed by atoms with van der Waals surface area (Å²) in [6.45, 7) is 6.53. The molecule has 2 aromatic rings. The van der Waals surface area contributed by atoms with Gasteiger partial charge < -0.3 is 4.74 Å². The minimum atomic E-state index is 0.0112. The van der Waals surface area contributed by atoms with Crippen molar-refractivity contribution in [1.82, 2.24) is 14.5 Å². The lowest BCUT2D eigenvalue weighted by Crippen LogP contribution is -2.50. The van der Waals surface area contributed by atoms with E-state index in [-0.39, 0.29) is 11.7 Å². The van der Waals surface area contributed by atoms with Gasteiger partial charge in [-0.25, -0.2) is 4.98 Å². The van der Waals surface area contributed by atoms with Gasteiger partial charge in [0.2, 0.25) is 5.95 Å². The average Bonchev–Trinajstić information content (AvgIpc) is 3.15. The highest BCUT2D eigenvalue weighted by Gasteiger charge is 2.30. The fourth-order valence-electron chi connectivity index (χ4n) is 4.01. The second-order valence-electron chi connectivity index (χ2n) is 7.36. The zero-order valence-corrected chi connectivity index (χ0v) is 17.6. The SMILES string of the molecule is CCc1c(C)nc2n(c1=O)CN(CC1CCCO1)CN2c1ccc(Cl)cc1Cl. The van der Waals surface area contributed by atoms with Crippen LogP contribution in [0.3, 0.4) is 0 Å². The summed E-state index contributed by atoms with van der Waals surface area (Å²) < 4.78 is 7.56. The summed E-state index contributed by atoms with van der Waals surface area (Å²) in [6, 6.07) is 5.39. The molecule has 0 N–H and O–H groups in total. The molecule has 6 nitrogen and oxygen atoms in total. The lowest BCUT2D eigenvalue weighted by molar-refractivity contribution is 0.0584. The molecule has 8 heteroatoms. The van der Waals surface area contributed by atoms with E-state index in [0.29, 0.717) is 35.8 Å². The number of nitrogens with zero attached hydrogens (tertiary/aromatic N) is 4. The van der Waals surface area contributed by atoms with E-state index in [9.17, 15) is 4.79 Å². The van der Waals surface area contributed by atoms with Gasteiger partial charge in [0.15, 0.2) is 0 Å². The van der Waals surface area contributed by atoms with Crippen molar-refractivity contribution >= 4 is 34.8 Å². The topological polar surface area (TPSA) is 50.6 Å². The van der Waals surface area contributed by atoms with Crippen molar-refractivity contribution in [3.8, 4) is 0 Å². The molecule has 2 aliphatic heterocycles. The normalized spacial score (nSPS) is 19.9. The Morgan fingerprint density at radius 1 is 1.29 bits per heavy atom. The molecule has 28 heavy (non-hydrogen) atoms. The van der Waals surface area contributed by atoms with E-state index < -0.39 is 0 Å². The minimum absolute atomic E-state index is 0.0112. The van der Waals surface area contributed by atoms with Gasteiger partial charge in [-0.1, -0.05) is 30.1 Å². The van der Waals surface area contributed by atoms with E-state index >= 15 is 0 Å². The van der Waals surface area contributed by atoms with Crippen LogP contribution in [0.4, 0.5) is 11.6 Å². The zero-order valence-electron chi connectivity index (χ0n) is 16.1. The first-order valence-electron chi connectivity index (χ1n) is 9.64. The first-order chi connectivity index (χ1) is 13.5. The Kier molecular flexibility index (Phi) is 5.65. The second-order valence-corrected chi connectivity index (χ2v) is 8.20. The van der Waals surface area contributed by atoms with Gasteiger partial charge in [-0.3, -0.25) is 19.2 Å². The molecule has 1 unspecified atom stereocenters. The quantitative estimate of drug-likeness (QED) is 0.745. The molecule has 0 amide bonds. The predicted octanol–water partition coefficient (Wildman–Crippen LogP) is 3.97. The first kappa shape index (κ1) is 19.7. The number of hydrogen-bond donors (Lipinski definition) is 0. The van der Waals surface area contributed by atoms with Crippen LogP contribution in [0.25, 0.3) is 0 Å². The lowest BCUT2D eigenvalue weighted by Gasteiger charge is -2.39. The lowest BCUT2D eigenvalue weighted by atomic mass is 10.2. The van der Waals surface area contributed by atoms with Crippen molar-refractivity contribution in [3.05, 3.63) is 49.9 Å². The third kappa shape index (κ3) is 3.66. The number of anilines is 2. The van der Waals surface area contributed by atoms with Crippen molar-refractivity contribution in [1.29, 1.82) is 0 Å². The number of rotatable bonds is 4. The highest BCUT2D eigenvalue weighted by Crippen LogP contribution is 2.35. The van der Waals surface area contributed by atoms with Gasteiger partial charge in [-0.15, -0.1) is 0 Å². The Morgan fingerprint density at radius 2 is 2.11 bits per heavy atom. The maximum absolute atomic E-state index is 13.1. The maximum atomic E-state index is 13.1. The largest absolute Gasteiger partial charge is 0.377 e. The van der Waals surface area contributed by atoms with Gasteiger partial charge in [-0.05, 0) is 44.4 Å². The summed E-state index contributed by atoms with van der Waals surface area (Å²) in [5, 5.41) is 1.11. The van der Waals surface area contributed by atoms with Gasteiger partial charge in [0, 0.05) is 29.4 Å². The molecule has 0 spiro atoms. The van der Waals surface area contributed by atoms with Gasteiger partial charge in [0.1, 0.15) is 0 Å². The highest BCUT2D eigenvalue weighted by atomic mass is 35.5. The molecule has 0 radical (unpaired) electrons. The Morgan fingerprint density at radius 3 is 2.79 bits per heavy atom. The fourth-order valence-corrected chi connectivity index (χ4v) is 4.52. The molecule has 150 valence electrons. The van der Waals surface area contributed by atoms with Crippen molar-refractivity contribution in [2.45, 2.75) is 45.9 Å². The van der Waals surface area contributed by atoms with Crippen molar-refractivity contribution in [3.63, 3.8) is 0 Å². The van der Waals surface area contributed by atoms with E-state index in [2.05, 4.69) is 4.90 Å². The number of fused-ring (bicyclic) bond motifs is 1. The number of hydrogen-bond acceptors (Lipinski definition) is 5. The van der Waals surface area contributed by atoms with E-state index in [0.717, 1.165) is 42.9 Å². The molecule has 4 rings (SSSR count). The summed E-state index contributed by atoms with van der Waals surface area (Å²) in [5.41, 5.74) is 2.32. The summed E-state index contributed by atoms with van der Waals surface area (Å²) in [6.07, 6.45) is 2.99. The maximum Gasteiger partial charge on any atom is 0.259 e. The number of aromatic nitrogens is 2. The van der Waals surface area contributed by atoms with Crippen molar-refractivity contribution in [2.75, 3.05) is 24.7 Å². The monoisotopic (exact) mass is 422 g/mol. The number of benzene rings is 1. The van der Waals surface area contributed by atoms with Crippen LogP contribution in [0.2, 0.25) is 10.0 Å². The third-order valence-corrected chi connectivity index (χ3v) is 5.95. The van der Waals surface area contributed by atoms with Crippen molar-refractivity contribution < 1.29 is 4.74 Å². The van der Waals surface area contributed by atoms with Gasteiger partial charge in [0.05, 0.1) is 30.2 Å². The predicted molar refractivity (Wildman–Crippen MR) is 112 cm³/mol. The molecule has 1 aromatic heterocycles. The molecule has 0 saturated carbocycles. The van der Waals surface area contributed by atoms with Crippen LogP contribution in [0.1, 0.15) is 31.0 Å². The summed E-state index contributed by atoms with van der Waals surface area (Å²) in [5.74, 6) is 0.618. The summed E-state index contributed by atoms with van der Waals surface area (Å²) in [7, 11) is 0. The fraction of sp³-hybridized carbons (Fsp3) is 0.500. The Labute approximate surface area is 174 Å². The average molecular weight is 423 g/mol. The summed E-state index contributed by atoms with van der Waals surface area (Å²) in [4.78, 5) is 22.1. The van der Waals surface area contributed by atoms with Crippen LogP contribution in [0.15, 0.2) is 23.0 Å². The van der Waals surface area contributed by atoms with Gasteiger partial charge in [-0.2, -0.15) is 0 Å². The molecule has 3 heterocycles. The third-order valence-electron chi connectivity index (χ3n) is 5.41. The van der Waals surface area contributed by atoms with Crippen LogP contribution < -0.4 is 10.5 Å². The standard InChI is InChI=1S/C20H24Cl2N4O2/c1-3-16-13(2)23-20-25(18-7-6-14(21)9-17(18)22)11-24(12-26(20)19(16)27)10-15-5-4-8-28-15/h6-7,9,15H,3-5,8,10-12H2,1-2H3. The molecule has 1 fully saturated rings. The van der Waals surface area contributed by atoms with Crippen LogP contribution in [0, 0.1) is 6.92 Å². The number of ether oxygens (including phenoxy) is 1. The van der Waals surface area contributed by atoms with Gasteiger partial charge >= 0.3 is 0 Å². The molecular formula is C20H24Cl2N4O2. The second kappa shape index (κ2) is 8.03.